The lowest BCUT2D eigenvalue weighted by molar-refractivity contribution is -0.141. The van der Waals surface area contributed by atoms with E-state index in [0.717, 1.165) is 5.56 Å². The molecular weight excluding hydrogens is 262 g/mol. The maximum atomic E-state index is 11.5. The number of likely N-dealkylation sites (tertiary alicyclic amines) is 1. The van der Waals surface area contributed by atoms with Gasteiger partial charge in [-0.1, -0.05) is 30.3 Å². The fourth-order valence-electron chi connectivity index (χ4n) is 2.26. The molecule has 2 atom stereocenters. The minimum atomic E-state index is -1.04. The van der Waals surface area contributed by atoms with Crippen molar-refractivity contribution in [3.05, 3.63) is 35.9 Å². The number of aliphatic carboxylic acids is 1. The van der Waals surface area contributed by atoms with Crippen LogP contribution in [0.3, 0.4) is 0 Å². The van der Waals surface area contributed by atoms with Gasteiger partial charge in [0.05, 0.1) is 26.4 Å². The third-order valence-electron chi connectivity index (χ3n) is 3.29. The highest BCUT2D eigenvalue weighted by Crippen LogP contribution is 2.22. The van der Waals surface area contributed by atoms with Crippen LogP contribution in [0.1, 0.15) is 12.0 Å². The lowest BCUT2D eigenvalue weighted by Gasteiger charge is -2.19. The monoisotopic (exact) mass is 279 g/mol. The van der Waals surface area contributed by atoms with Crippen molar-refractivity contribution in [1.82, 2.24) is 4.90 Å². The Labute approximate surface area is 116 Å². The molecule has 0 radical (unpaired) electrons. The van der Waals surface area contributed by atoms with Crippen molar-refractivity contribution in [1.29, 1.82) is 0 Å². The molecule has 1 saturated heterocycles. The fourth-order valence-corrected chi connectivity index (χ4v) is 2.26. The van der Waals surface area contributed by atoms with E-state index < -0.39 is 18.1 Å². The Hall–Kier alpha value is -2.08. The summed E-state index contributed by atoms with van der Waals surface area (Å²) >= 11 is 0. The molecule has 0 saturated carbocycles. The van der Waals surface area contributed by atoms with E-state index in [1.54, 1.807) is 0 Å². The van der Waals surface area contributed by atoms with Gasteiger partial charge in [-0.05, 0) is 5.56 Å². The van der Waals surface area contributed by atoms with Crippen LogP contribution in [-0.4, -0.2) is 47.9 Å². The number of benzene rings is 1. The second-order valence-electron chi connectivity index (χ2n) is 4.63. The first-order valence-electron chi connectivity index (χ1n) is 6.34. The minimum Gasteiger partial charge on any atom is -0.480 e. The van der Waals surface area contributed by atoms with E-state index in [4.69, 9.17) is 9.84 Å². The van der Waals surface area contributed by atoms with Crippen LogP contribution < -0.4 is 0 Å². The van der Waals surface area contributed by atoms with Crippen molar-refractivity contribution in [3.8, 4) is 0 Å². The Kier molecular flexibility index (Phi) is 4.57. The van der Waals surface area contributed by atoms with E-state index in [0.29, 0.717) is 6.61 Å². The normalized spacial score (nSPS) is 21.8. The van der Waals surface area contributed by atoms with Gasteiger partial charge < -0.3 is 14.6 Å². The third-order valence-corrected chi connectivity index (χ3v) is 3.29. The first kappa shape index (κ1) is 14.3. The number of hydrogen-bond donors (Lipinski definition) is 1. The number of carboxylic acid groups (broad SMARTS) is 1. The molecule has 1 amide bonds. The Morgan fingerprint density at radius 1 is 1.35 bits per heavy atom. The largest absolute Gasteiger partial charge is 0.480 e. The van der Waals surface area contributed by atoms with Crippen molar-refractivity contribution < 1.29 is 24.2 Å². The number of methoxy groups -OCH3 is 1. The summed E-state index contributed by atoms with van der Waals surface area (Å²) in [7, 11) is 1.24. The summed E-state index contributed by atoms with van der Waals surface area (Å²) in [5, 5.41) is 9.13. The summed E-state index contributed by atoms with van der Waals surface area (Å²) < 4.78 is 10.3. The van der Waals surface area contributed by atoms with Crippen molar-refractivity contribution in [3.63, 3.8) is 0 Å². The fraction of sp³-hybridized carbons (Fsp3) is 0.429. The van der Waals surface area contributed by atoms with Crippen LogP contribution in [0.5, 0.6) is 0 Å². The van der Waals surface area contributed by atoms with E-state index in [1.165, 1.54) is 12.0 Å². The average molecular weight is 279 g/mol. The van der Waals surface area contributed by atoms with Gasteiger partial charge in [-0.2, -0.15) is 0 Å². The second-order valence-corrected chi connectivity index (χ2v) is 4.63. The maximum Gasteiger partial charge on any atom is 0.410 e. The van der Waals surface area contributed by atoms with Gasteiger partial charge >= 0.3 is 12.1 Å². The van der Waals surface area contributed by atoms with Gasteiger partial charge in [-0.15, -0.1) is 0 Å². The van der Waals surface area contributed by atoms with Gasteiger partial charge in [0.1, 0.15) is 6.04 Å². The van der Waals surface area contributed by atoms with Crippen LogP contribution >= 0.6 is 0 Å². The summed E-state index contributed by atoms with van der Waals surface area (Å²) in [4.78, 5) is 23.9. The number of carbonyl (C=O) groups is 2. The van der Waals surface area contributed by atoms with Crippen LogP contribution in [0, 0.1) is 0 Å². The van der Waals surface area contributed by atoms with E-state index in [-0.39, 0.29) is 19.1 Å². The Bertz CT molecular complexity index is 476. The first-order valence-corrected chi connectivity index (χ1v) is 6.34. The van der Waals surface area contributed by atoms with Crippen LogP contribution in [0.4, 0.5) is 4.79 Å². The topological polar surface area (TPSA) is 76.1 Å². The van der Waals surface area contributed by atoms with Gasteiger partial charge in [-0.25, -0.2) is 9.59 Å². The molecule has 6 nitrogen and oxygen atoms in total. The molecule has 1 aliphatic rings. The van der Waals surface area contributed by atoms with Gasteiger partial charge in [-0.3, -0.25) is 4.90 Å². The zero-order valence-electron chi connectivity index (χ0n) is 11.2. The number of nitrogens with zero attached hydrogens (tertiary/aromatic N) is 1. The molecule has 1 N–H and O–H groups in total. The SMILES string of the molecule is COC(=O)N1CC(OCc2ccccc2)CC1C(=O)O. The van der Waals surface area contributed by atoms with Crippen LogP contribution in [0.15, 0.2) is 30.3 Å². The quantitative estimate of drug-likeness (QED) is 0.903. The number of ether oxygens (including phenoxy) is 2. The standard InChI is InChI=1S/C14H17NO5/c1-19-14(18)15-8-11(7-12(15)13(16)17)20-9-10-5-3-2-4-6-10/h2-6,11-12H,7-9H2,1H3,(H,16,17). The molecular formula is C14H17NO5. The average Bonchev–Trinajstić information content (AvgIpc) is 2.90. The lowest BCUT2D eigenvalue weighted by Crippen LogP contribution is -2.40. The summed E-state index contributed by atoms with van der Waals surface area (Å²) in [5.74, 6) is -1.04. The maximum absolute atomic E-state index is 11.5. The Balaban J connectivity index is 1.94. The number of carboxylic acids is 1. The second kappa shape index (κ2) is 6.38. The molecule has 1 aliphatic heterocycles. The zero-order chi connectivity index (χ0) is 14.5. The van der Waals surface area contributed by atoms with Crippen LogP contribution in [0.25, 0.3) is 0 Å². The van der Waals surface area contributed by atoms with Gasteiger partial charge in [0, 0.05) is 6.42 Å². The number of rotatable bonds is 4. The predicted molar refractivity (Wildman–Crippen MR) is 70.2 cm³/mol. The molecule has 1 fully saturated rings. The predicted octanol–water partition coefficient (Wildman–Crippen LogP) is 1.50. The highest BCUT2D eigenvalue weighted by atomic mass is 16.5. The van der Waals surface area contributed by atoms with Crippen LogP contribution in [0.2, 0.25) is 0 Å². The van der Waals surface area contributed by atoms with E-state index in [1.807, 2.05) is 30.3 Å². The zero-order valence-corrected chi connectivity index (χ0v) is 11.2. The molecule has 20 heavy (non-hydrogen) atoms. The summed E-state index contributed by atoms with van der Waals surface area (Å²) in [6.07, 6.45) is -0.657. The van der Waals surface area contributed by atoms with E-state index in [2.05, 4.69) is 4.74 Å². The molecule has 2 unspecified atom stereocenters. The molecule has 0 bridgehead atoms. The number of carbonyl (C=O) groups excluding carboxylic acids is 1. The molecule has 0 aromatic heterocycles. The summed E-state index contributed by atoms with van der Waals surface area (Å²) in [5.41, 5.74) is 1.01. The molecule has 1 heterocycles. The highest BCUT2D eigenvalue weighted by Gasteiger charge is 2.40. The van der Waals surface area contributed by atoms with Crippen molar-refractivity contribution >= 4 is 12.1 Å². The van der Waals surface area contributed by atoms with Crippen molar-refractivity contribution in [2.24, 2.45) is 0 Å². The van der Waals surface area contributed by atoms with E-state index >= 15 is 0 Å². The Morgan fingerprint density at radius 3 is 2.65 bits per heavy atom. The number of amides is 1. The van der Waals surface area contributed by atoms with Crippen molar-refractivity contribution in [2.45, 2.75) is 25.2 Å². The van der Waals surface area contributed by atoms with Gasteiger partial charge in [0.25, 0.3) is 0 Å². The van der Waals surface area contributed by atoms with E-state index in [9.17, 15) is 9.59 Å². The van der Waals surface area contributed by atoms with Crippen LogP contribution in [-0.2, 0) is 20.9 Å². The third kappa shape index (κ3) is 3.27. The molecule has 2 rings (SSSR count). The smallest absolute Gasteiger partial charge is 0.410 e. The molecule has 1 aromatic rings. The van der Waals surface area contributed by atoms with Crippen molar-refractivity contribution in [2.75, 3.05) is 13.7 Å². The lowest BCUT2D eigenvalue weighted by atomic mass is 10.2. The molecule has 0 aliphatic carbocycles. The summed E-state index contributed by atoms with van der Waals surface area (Å²) in [6.45, 7) is 0.628. The van der Waals surface area contributed by atoms with Gasteiger partial charge in [0.15, 0.2) is 0 Å². The molecule has 1 aromatic carbocycles. The number of hydrogen-bond acceptors (Lipinski definition) is 4. The molecule has 0 spiro atoms. The highest BCUT2D eigenvalue weighted by molar-refractivity contribution is 5.80. The Morgan fingerprint density at radius 2 is 2.05 bits per heavy atom. The van der Waals surface area contributed by atoms with Gasteiger partial charge in [0.2, 0.25) is 0 Å². The first-order chi connectivity index (χ1) is 9.61. The molecule has 108 valence electrons. The molecule has 6 heteroatoms. The summed E-state index contributed by atoms with van der Waals surface area (Å²) in [6, 6.07) is 8.72. The minimum absolute atomic E-state index is 0.233.